The van der Waals surface area contributed by atoms with Crippen LogP contribution in [0.1, 0.15) is 0 Å². The van der Waals surface area contributed by atoms with Crippen LogP contribution in [0.25, 0.3) is 92.7 Å². The second kappa shape index (κ2) is 8.98. The van der Waals surface area contributed by atoms with Crippen molar-refractivity contribution in [2.75, 3.05) is 0 Å². The van der Waals surface area contributed by atoms with Crippen molar-refractivity contribution in [3.8, 4) is 22.3 Å². The molecule has 0 aliphatic heterocycles. The molecule has 7 aromatic carbocycles. The Kier molecular flexibility index (Phi) is 4.87. The first kappa shape index (κ1) is 24.4. The van der Waals surface area contributed by atoms with Crippen LogP contribution in [-0.4, -0.2) is 9.38 Å². The third kappa shape index (κ3) is 3.30. The summed E-state index contributed by atoms with van der Waals surface area (Å²) in [5, 5.41) is 11.1. The molecular weight excluding hydrogens is 548 g/mol. The number of rotatable bonds is 2. The topological polar surface area (TPSA) is 34.4 Å². The first-order valence-corrected chi connectivity index (χ1v) is 15.3. The zero-order valence-electron chi connectivity index (χ0n) is 24.2. The van der Waals surface area contributed by atoms with Crippen molar-refractivity contribution in [1.29, 1.82) is 0 Å². The minimum absolute atomic E-state index is 0.00607. The van der Waals surface area contributed by atoms with E-state index in [-0.39, 0.29) is 5.56 Å². The van der Waals surface area contributed by atoms with Crippen LogP contribution in [0.15, 0.2) is 151 Å². The molecule has 0 unspecified atom stereocenters. The Bertz CT molecular complexity index is 2860. The van der Waals surface area contributed by atoms with E-state index in [2.05, 4.69) is 109 Å². The van der Waals surface area contributed by atoms with Crippen molar-refractivity contribution in [2.24, 2.45) is 0 Å². The van der Waals surface area contributed by atoms with Crippen LogP contribution >= 0.6 is 0 Å². The maximum absolute atomic E-state index is 13.9. The van der Waals surface area contributed by atoms with E-state index in [0.717, 1.165) is 43.8 Å². The van der Waals surface area contributed by atoms with Gasteiger partial charge in [-0.15, -0.1) is 0 Å². The van der Waals surface area contributed by atoms with E-state index in [1.807, 2.05) is 40.9 Å². The van der Waals surface area contributed by atoms with Crippen LogP contribution in [0.5, 0.6) is 0 Å². The summed E-state index contributed by atoms with van der Waals surface area (Å²) in [5.74, 6) is 0. The van der Waals surface area contributed by atoms with Crippen molar-refractivity contribution >= 4 is 70.4 Å². The molecule has 0 fully saturated rings. The van der Waals surface area contributed by atoms with E-state index in [0.29, 0.717) is 5.39 Å². The van der Waals surface area contributed by atoms with E-state index < -0.39 is 0 Å². The van der Waals surface area contributed by atoms with Gasteiger partial charge in [0.25, 0.3) is 5.56 Å². The molecule has 0 aliphatic carbocycles. The molecule has 0 aliphatic rings. The van der Waals surface area contributed by atoms with Gasteiger partial charge in [0.15, 0.2) is 0 Å². The molecule has 10 rings (SSSR count). The van der Waals surface area contributed by atoms with Crippen LogP contribution < -0.4 is 5.56 Å². The quantitative estimate of drug-likeness (QED) is 0.193. The summed E-state index contributed by atoms with van der Waals surface area (Å²) in [7, 11) is 0. The largest absolute Gasteiger partial charge is 0.273 e. The molecule has 3 heterocycles. The lowest BCUT2D eigenvalue weighted by atomic mass is 9.88. The molecule has 3 aromatic heterocycles. The number of nitrogens with zero attached hydrogens (tertiary/aromatic N) is 2. The van der Waals surface area contributed by atoms with E-state index >= 15 is 0 Å². The molecule has 0 bridgehead atoms. The zero-order valence-corrected chi connectivity index (χ0v) is 24.2. The van der Waals surface area contributed by atoms with Gasteiger partial charge in [-0.1, -0.05) is 109 Å². The maximum atomic E-state index is 13.9. The van der Waals surface area contributed by atoms with E-state index in [1.165, 1.54) is 43.4 Å². The van der Waals surface area contributed by atoms with Crippen LogP contribution in [0.3, 0.4) is 0 Å². The second-order valence-electron chi connectivity index (χ2n) is 11.9. The van der Waals surface area contributed by atoms with Gasteiger partial charge in [0.1, 0.15) is 0 Å². The standard InChI is InChI=1S/C42H24N2O/c45-42-35-20-18-27(24-37(35)40-41-34(21-22-43-40)31-12-6-7-16-38(31)44(41)42)26-17-19-30-33-15-8-14-28(25-9-2-1-3-10-25)39(33)32-13-5-4-11-29(32)36(30)23-26/h1-24H. The summed E-state index contributed by atoms with van der Waals surface area (Å²) >= 11 is 0. The fourth-order valence-corrected chi connectivity index (χ4v) is 7.59. The first-order chi connectivity index (χ1) is 22.3. The molecule has 208 valence electrons. The lowest BCUT2D eigenvalue weighted by molar-refractivity contribution is 1.20. The van der Waals surface area contributed by atoms with E-state index in [1.54, 1.807) is 0 Å². The molecule has 0 radical (unpaired) electrons. The van der Waals surface area contributed by atoms with Crippen molar-refractivity contribution in [2.45, 2.75) is 0 Å². The Morgan fingerprint density at radius 2 is 1.09 bits per heavy atom. The van der Waals surface area contributed by atoms with Gasteiger partial charge in [0, 0.05) is 27.7 Å². The second-order valence-corrected chi connectivity index (χ2v) is 11.9. The minimum Gasteiger partial charge on any atom is -0.273 e. The molecule has 0 saturated carbocycles. The summed E-state index contributed by atoms with van der Waals surface area (Å²) in [6.07, 6.45) is 1.86. The minimum atomic E-state index is -0.00607. The number of para-hydroxylation sites is 1. The Morgan fingerprint density at radius 3 is 1.91 bits per heavy atom. The molecule has 45 heavy (non-hydrogen) atoms. The average molecular weight is 573 g/mol. The van der Waals surface area contributed by atoms with E-state index in [4.69, 9.17) is 4.98 Å². The molecule has 0 amide bonds. The van der Waals surface area contributed by atoms with Crippen LogP contribution in [-0.2, 0) is 0 Å². The maximum Gasteiger partial charge on any atom is 0.263 e. The summed E-state index contributed by atoms with van der Waals surface area (Å²) in [6, 6.07) is 49.1. The fraction of sp³-hybridized carbons (Fsp3) is 0. The van der Waals surface area contributed by atoms with Gasteiger partial charge in [0.05, 0.1) is 16.6 Å². The molecule has 0 spiro atoms. The van der Waals surface area contributed by atoms with Gasteiger partial charge in [-0.3, -0.25) is 14.2 Å². The highest BCUT2D eigenvalue weighted by atomic mass is 16.1. The summed E-state index contributed by atoms with van der Waals surface area (Å²) in [5.41, 5.74) is 7.29. The molecule has 0 atom stereocenters. The van der Waals surface area contributed by atoms with Gasteiger partial charge in [-0.25, -0.2) is 0 Å². The van der Waals surface area contributed by atoms with Crippen molar-refractivity contribution < 1.29 is 0 Å². The predicted octanol–water partition coefficient (Wildman–Crippen LogP) is 10.4. The normalized spacial score (nSPS) is 12.1. The van der Waals surface area contributed by atoms with Crippen LogP contribution in [0, 0.1) is 0 Å². The molecule has 3 nitrogen and oxygen atoms in total. The molecule has 3 heteroatoms. The van der Waals surface area contributed by atoms with Crippen LogP contribution in [0.2, 0.25) is 0 Å². The Balaban J connectivity index is 1.25. The molecule has 0 N–H and O–H groups in total. The Labute approximate surface area is 257 Å². The number of fused-ring (bicyclic) bond motifs is 11. The first-order valence-electron chi connectivity index (χ1n) is 15.3. The fourth-order valence-electron chi connectivity index (χ4n) is 7.59. The lowest BCUT2D eigenvalue weighted by Gasteiger charge is -2.15. The summed E-state index contributed by atoms with van der Waals surface area (Å²) in [4.78, 5) is 18.8. The van der Waals surface area contributed by atoms with Gasteiger partial charge < -0.3 is 0 Å². The molecule has 0 saturated heterocycles. The van der Waals surface area contributed by atoms with Crippen LogP contribution in [0.4, 0.5) is 0 Å². The average Bonchev–Trinajstić information content (AvgIpc) is 3.46. The number of aromatic nitrogens is 2. The third-order valence-electron chi connectivity index (χ3n) is 9.57. The lowest BCUT2D eigenvalue weighted by Crippen LogP contribution is -2.13. The summed E-state index contributed by atoms with van der Waals surface area (Å²) in [6.45, 7) is 0. The van der Waals surface area contributed by atoms with Crippen molar-refractivity contribution in [3.63, 3.8) is 0 Å². The number of hydrogen-bond acceptors (Lipinski definition) is 2. The SMILES string of the molecule is O=c1c2ccc(-c3ccc4c(c3)c3ccccc3c3c(-c5ccccc5)cccc43)cc2c2nccc3c4ccccc4n1c32. The highest BCUT2D eigenvalue weighted by molar-refractivity contribution is 6.29. The smallest absolute Gasteiger partial charge is 0.263 e. The van der Waals surface area contributed by atoms with Crippen molar-refractivity contribution in [3.05, 3.63) is 156 Å². The Hall–Kier alpha value is -6.06. The number of hydrogen-bond donors (Lipinski definition) is 0. The number of pyridine rings is 2. The molecular formula is C42H24N2O. The highest BCUT2D eigenvalue weighted by Gasteiger charge is 2.19. The van der Waals surface area contributed by atoms with Crippen molar-refractivity contribution in [1.82, 2.24) is 9.38 Å². The molecule has 10 aromatic rings. The highest BCUT2D eigenvalue weighted by Crippen LogP contribution is 2.42. The Morgan fingerprint density at radius 1 is 0.444 bits per heavy atom. The van der Waals surface area contributed by atoms with Gasteiger partial charge in [0.2, 0.25) is 0 Å². The number of benzene rings is 7. The monoisotopic (exact) mass is 572 g/mol. The van der Waals surface area contributed by atoms with Gasteiger partial charge in [-0.05, 0) is 84.9 Å². The summed E-state index contributed by atoms with van der Waals surface area (Å²) < 4.78 is 1.84. The van der Waals surface area contributed by atoms with Gasteiger partial charge in [-0.2, -0.15) is 0 Å². The predicted molar refractivity (Wildman–Crippen MR) is 189 cm³/mol. The third-order valence-corrected chi connectivity index (χ3v) is 9.57. The van der Waals surface area contributed by atoms with E-state index in [9.17, 15) is 4.79 Å². The van der Waals surface area contributed by atoms with Gasteiger partial charge >= 0.3 is 0 Å². The zero-order chi connectivity index (χ0) is 29.6.